The molecule has 22 heavy (non-hydrogen) atoms. The smallest absolute Gasteiger partial charge is 0.263 e. The van der Waals surface area contributed by atoms with Gasteiger partial charge < -0.3 is 10.6 Å². The maximum atomic E-state index is 13.7. The van der Waals surface area contributed by atoms with Gasteiger partial charge in [0.05, 0.1) is 6.20 Å². The van der Waals surface area contributed by atoms with Crippen molar-refractivity contribution in [3.05, 3.63) is 41.2 Å². The summed E-state index contributed by atoms with van der Waals surface area (Å²) in [5, 5.41) is 6.67. The molecule has 120 valence electrons. The number of halogens is 3. The van der Waals surface area contributed by atoms with Gasteiger partial charge in [-0.2, -0.15) is 0 Å². The molecule has 1 atom stereocenters. The van der Waals surface area contributed by atoms with Gasteiger partial charge in [0, 0.05) is 18.2 Å². The summed E-state index contributed by atoms with van der Waals surface area (Å²) in [5.74, 6) is -0.465. The SMILES string of the molecule is Cl.Cl.O=C(NC1CCNC1)c1cnc(-c2ccccc2F)s1. The Morgan fingerprint density at radius 3 is 2.82 bits per heavy atom. The lowest BCUT2D eigenvalue weighted by molar-refractivity contribution is 0.0944. The number of nitrogens with zero attached hydrogens (tertiary/aromatic N) is 1. The summed E-state index contributed by atoms with van der Waals surface area (Å²) in [6.45, 7) is 1.72. The molecule has 2 heterocycles. The lowest BCUT2D eigenvalue weighted by Gasteiger charge is -2.09. The third-order valence-corrected chi connectivity index (χ3v) is 4.26. The monoisotopic (exact) mass is 363 g/mol. The molecule has 4 nitrogen and oxygen atoms in total. The van der Waals surface area contributed by atoms with Crippen LogP contribution in [0.5, 0.6) is 0 Å². The van der Waals surface area contributed by atoms with Crippen LogP contribution >= 0.6 is 36.2 Å². The van der Waals surface area contributed by atoms with Crippen LogP contribution in [0.1, 0.15) is 16.1 Å². The van der Waals surface area contributed by atoms with Crippen molar-refractivity contribution in [3.8, 4) is 10.6 Å². The average molecular weight is 364 g/mol. The van der Waals surface area contributed by atoms with Gasteiger partial charge >= 0.3 is 0 Å². The fourth-order valence-electron chi connectivity index (χ4n) is 2.17. The van der Waals surface area contributed by atoms with E-state index >= 15 is 0 Å². The highest BCUT2D eigenvalue weighted by molar-refractivity contribution is 7.16. The van der Waals surface area contributed by atoms with Gasteiger partial charge in [-0.25, -0.2) is 9.37 Å². The van der Waals surface area contributed by atoms with Crippen molar-refractivity contribution in [1.82, 2.24) is 15.6 Å². The maximum Gasteiger partial charge on any atom is 0.263 e. The Kier molecular flexibility index (Phi) is 7.22. The summed E-state index contributed by atoms with van der Waals surface area (Å²) >= 11 is 1.21. The minimum Gasteiger partial charge on any atom is -0.347 e. The van der Waals surface area contributed by atoms with Gasteiger partial charge in [0.25, 0.3) is 5.91 Å². The zero-order valence-corrected chi connectivity index (χ0v) is 14.0. The number of rotatable bonds is 3. The first-order valence-corrected chi connectivity index (χ1v) is 7.28. The summed E-state index contributed by atoms with van der Waals surface area (Å²) in [5.41, 5.74) is 0.430. The number of carbonyl (C=O) groups excluding carboxylic acids is 1. The lowest BCUT2D eigenvalue weighted by atomic mass is 10.2. The van der Waals surface area contributed by atoms with E-state index in [2.05, 4.69) is 15.6 Å². The molecule has 3 rings (SSSR count). The summed E-state index contributed by atoms with van der Waals surface area (Å²) in [6.07, 6.45) is 2.44. The molecule has 1 aliphatic rings. The molecule has 0 spiro atoms. The Morgan fingerprint density at radius 1 is 1.36 bits per heavy atom. The molecule has 0 radical (unpaired) electrons. The third-order valence-electron chi connectivity index (χ3n) is 3.23. The van der Waals surface area contributed by atoms with E-state index in [-0.39, 0.29) is 42.6 Å². The van der Waals surface area contributed by atoms with E-state index in [1.807, 2.05) is 0 Å². The van der Waals surface area contributed by atoms with Crippen LogP contribution in [0.25, 0.3) is 10.6 Å². The van der Waals surface area contributed by atoms with Crippen molar-refractivity contribution in [2.75, 3.05) is 13.1 Å². The van der Waals surface area contributed by atoms with Gasteiger partial charge in [0.15, 0.2) is 0 Å². The van der Waals surface area contributed by atoms with Gasteiger partial charge in [0.2, 0.25) is 0 Å². The normalized spacial score (nSPS) is 16.5. The molecule has 1 fully saturated rings. The van der Waals surface area contributed by atoms with Crippen LogP contribution in [-0.2, 0) is 0 Å². The summed E-state index contributed by atoms with van der Waals surface area (Å²) < 4.78 is 13.7. The summed E-state index contributed by atoms with van der Waals surface area (Å²) in [6, 6.07) is 6.61. The first-order chi connectivity index (χ1) is 9.74. The molecular weight excluding hydrogens is 348 g/mol. The average Bonchev–Trinajstić information content (AvgIpc) is 3.10. The van der Waals surface area contributed by atoms with E-state index < -0.39 is 0 Å². The van der Waals surface area contributed by atoms with Gasteiger partial charge in [-0.1, -0.05) is 12.1 Å². The van der Waals surface area contributed by atoms with Crippen molar-refractivity contribution in [2.24, 2.45) is 0 Å². The minimum atomic E-state index is -0.325. The predicted octanol–water partition coefficient (Wildman–Crippen LogP) is 2.88. The van der Waals surface area contributed by atoms with E-state index in [1.165, 1.54) is 23.6 Å². The second-order valence-electron chi connectivity index (χ2n) is 4.67. The Morgan fingerprint density at radius 2 is 2.14 bits per heavy atom. The number of carbonyl (C=O) groups is 1. The molecule has 2 aromatic rings. The molecular formula is C14H16Cl2FN3OS. The molecule has 1 aromatic carbocycles. The quantitative estimate of drug-likeness (QED) is 0.881. The van der Waals surface area contributed by atoms with E-state index in [4.69, 9.17) is 0 Å². The largest absolute Gasteiger partial charge is 0.347 e. The number of benzene rings is 1. The Labute approximate surface area is 144 Å². The number of hydrogen-bond donors (Lipinski definition) is 2. The van der Waals surface area contributed by atoms with Crippen LogP contribution in [0.15, 0.2) is 30.5 Å². The van der Waals surface area contributed by atoms with Gasteiger partial charge in [-0.15, -0.1) is 36.2 Å². The molecule has 1 unspecified atom stereocenters. The van der Waals surface area contributed by atoms with Crippen molar-refractivity contribution in [1.29, 1.82) is 0 Å². The number of amides is 1. The minimum absolute atomic E-state index is 0. The summed E-state index contributed by atoms with van der Waals surface area (Å²) in [4.78, 5) is 16.7. The van der Waals surface area contributed by atoms with Crippen molar-refractivity contribution in [2.45, 2.75) is 12.5 Å². The molecule has 1 saturated heterocycles. The van der Waals surface area contributed by atoms with Crippen LogP contribution in [0.2, 0.25) is 0 Å². The number of aromatic nitrogens is 1. The van der Waals surface area contributed by atoms with Crippen LogP contribution in [0.4, 0.5) is 4.39 Å². The first-order valence-electron chi connectivity index (χ1n) is 6.46. The van der Waals surface area contributed by atoms with E-state index in [1.54, 1.807) is 18.2 Å². The standard InChI is InChI=1S/C14H14FN3OS.2ClH/c15-11-4-2-1-3-10(11)14-17-8-12(20-14)13(19)18-9-5-6-16-7-9;;/h1-4,8-9,16H,5-7H2,(H,18,19);2*1H. The van der Waals surface area contributed by atoms with Crippen LogP contribution in [-0.4, -0.2) is 30.0 Å². The van der Waals surface area contributed by atoms with Gasteiger partial charge in [0.1, 0.15) is 15.7 Å². The predicted molar refractivity (Wildman–Crippen MR) is 90.7 cm³/mol. The second-order valence-corrected chi connectivity index (χ2v) is 5.70. The second kappa shape index (κ2) is 8.43. The maximum absolute atomic E-state index is 13.7. The Balaban J connectivity index is 0.00000121. The first kappa shape index (κ1) is 18.8. The molecule has 0 bridgehead atoms. The zero-order valence-electron chi connectivity index (χ0n) is 11.5. The molecule has 1 aromatic heterocycles. The fourth-order valence-corrected chi connectivity index (χ4v) is 3.02. The van der Waals surface area contributed by atoms with E-state index in [0.29, 0.717) is 15.4 Å². The van der Waals surface area contributed by atoms with Crippen LogP contribution < -0.4 is 10.6 Å². The topological polar surface area (TPSA) is 54.0 Å². The van der Waals surface area contributed by atoms with Gasteiger partial charge in [-0.05, 0) is 25.1 Å². The molecule has 0 aliphatic carbocycles. The van der Waals surface area contributed by atoms with Crippen molar-refractivity contribution in [3.63, 3.8) is 0 Å². The third kappa shape index (κ3) is 4.16. The highest BCUT2D eigenvalue weighted by Crippen LogP contribution is 2.27. The summed E-state index contributed by atoms with van der Waals surface area (Å²) in [7, 11) is 0. The molecule has 1 aliphatic heterocycles. The van der Waals surface area contributed by atoms with E-state index in [9.17, 15) is 9.18 Å². The molecule has 8 heteroatoms. The number of nitrogens with one attached hydrogen (secondary N) is 2. The van der Waals surface area contributed by atoms with Gasteiger partial charge in [-0.3, -0.25) is 4.79 Å². The molecule has 2 N–H and O–H groups in total. The molecule has 1 amide bonds. The van der Waals surface area contributed by atoms with E-state index in [0.717, 1.165) is 19.5 Å². The van der Waals surface area contributed by atoms with Crippen molar-refractivity contribution < 1.29 is 9.18 Å². The fraction of sp³-hybridized carbons (Fsp3) is 0.286. The number of hydrogen-bond acceptors (Lipinski definition) is 4. The van der Waals surface area contributed by atoms with Crippen LogP contribution in [0, 0.1) is 5.82 Å². The highest BCUT2D eigenvalue weighted by atomic mass is 35.5. The lowest BCUT2D eigenvalue weighted by Crippen LogP contribution is -2.35. The zero-order chi connectivity index (χ0) is 13.9. The van der Waals surface area contributed by atoms with Crippen LogP contribution in [0.3, 0.4) is 0 Å². The Hall–Kier alpha value is -1.21. The van der Waals surface area contributed by atoms with Crippen molar-refractivity contribution >= 4 is 42.1 Å². The Bertz CT molecular complexity index is 632. The number of thiazole rings is 1. The molecule has 0 saturated carbocycles. The highest BCUT2D eigenvalue weighted by Gasteiger charge is 2.19.